The van der Waals surface area contributed by atoms with Crippen LogP contribution in [-0.4, -0.2) is 47.5 Å². The predicted octanol–water partition coefficient (Wildman–Crippen LogP) is 1.75. The van der Waals surface area contributed by atoms with Crippen LogP contribution in [0.25, 0.3) is 0 Å². The van der Waals surface area contributed by atoms with Crippen molar-refractivity contribution in [3.63, 3.8) is 0 Å². The van der Waals surface area contributed by atoms with Crippen molar-refractivity contribution in [1.29, 1.82) is 0 Å². The van der Waals surface area contributed by atoms with E-state index >= 15 is 0 Å². The number of rotatable bonds is 3. The fourth-order valence-electron chi connectivity index (χ4n) is 3.93. The van der Waals surface area contributed by atoms with E-state index in [1.807, 2.05) is 6.92 Å². The van der Waals surface area contributed by atoms with E-state index in [1.54, 1.807) is 15.2 Å². The van der Waals surface area contributed by atoms with Gasteiger partial charge < -0.3 is 5.32 Å². The molecule has 8 heteroatoms. The maximum atomic E-state index is 13.3. The Kier molecular flexibility index (Phi) is 5.78. The Balaban J connectivity index is 1.92. The zero-order valence-electron chi connectivity index (χ0n) is 14.9. The third-order valence-corrected chi connectivity index (χ3v) is 7.21. The highest BCUT2D eigenvalue weighted by Gasteiger charge is 2.42. The second kappa shape index (κ2) is 7.86. The normalized spacial score (nSPS) is 26.7. The Morgan fingerprint density at radius 1 is 1.20 bits per heavy atom. The molecule has 1 saturated heterocycles. The number of sulfonamides is 1. The minimum Gasteiger partial charge on any atom is -0.356 e. The van der Waals surface area contributed by atoms with Crippen molar-refractivity contribution >= 4 is 15.9 Å². The standard InChI is InChI=1S/C17H28N4O3S/c1-2-20-13-14(12-19-20)25(23,24)21-11-6-4-3-5-10-18-17(22)15-8-7-9-16(15)21/h12-13,15-16H,2-11H2,1H3,(H,18,22)/t15-,16+/m1/s1. The molecule has 1 saturated carbocycles. The van der Waals surface area contributed by atoms with Gasteiger partial charge >= 0.3 is 0 Å². The lowest BCUT2D eigenvalue weighted by atomic mass is 10.0. The topological polar surface area (TPSA) is 84.3 Å². The summed E-state index contributed by atoms with van der Waals surface area (Å²) in [5, 5.41) is 7.12. The fourth-order valence-corrected chi connectivity index (χ4v) is 5.61. The van der Waals surface area contributed by atoms with Gasteiger partial charge in [0.15, 0.2) is 0 Å². The first-order valence-corrected chi connectivity index (χ1v) is 10.8. The average molecular weight is 369 g/mol. The van der Waals surface area contributed by atoms with Crippen molar-refractivity contribution < 1.29 is 13.2 Å². The summed E-state index contributed by atoms with van der Waals surface area (Å²) in [5.74, 6) is -0.233. The highest BCUT2D eigenvalue weighted by atomic mass is 32.2. The van der Waals surface area contributed by atoms with Crippen molar-refractivity contribution in [3.05, 3.63) is 12.4 Å². The van der Waals surface area contributed by atoms with Gasteiger partial charge in [0.25, 0.3) is 0 Å². The summed E-state index contributed by atoms with van der Waals surface area (Å²) in [6, 6.07) is -0.243. The zero-order valence-corrected chi connectivity index (χ0v) is 15.7. The number of aromatic nitrogens is 2. The van der Waals surface area contributed by atoms with Crippen molar-refractivity contribution in [2.45, 2.75) is 69.4 Å². The lowest BCUT2D eigenvalue weighted by Gasteiger charge is -2.31. The lowest BCUT2D eigenvalue weighted by Crippen LogP contribution is -2.47. The molecule has 7 nitrogen and oxygen atoms in total. The number of hydrogen-bond acceptors (Lipinski definition) is 4. The molecule has 1 aliphatic carbocycles. The molecule has 25 heavy (non-hydrogen) atoms. The van der Waals surface area contributed by atoms with Gasteiger partial charge in [-0.3, -0.25) is 9.48 Å². The van der Waals surface area contributed by atoms with E-state index in [1.165, 1.54) is 6.20 Å². The molecule has 1 N–H and O–H groups in total. The number of carbonyl (C=O) groups is 1. The predicted molar refractivity (Wildman–Crippen MR) is 94.4 cm³/mol. The van der Waals surface area contributed by atoms with Crippen molar-refractivity contribution in [1.82, 2.24) is 19.4 Å². The van der Waals surface area contributed by atoms with E-state index in [0.29, 0.717) is 19.6 Å². The molecule has 1 aliphatic heterocycles. The lowest BCUT2D eigenvalue weighted by molar-refractivity contribution is -0.125. The van der Waals surface area contributed by atoms with Gasteiger partial charge in [-0.2, -0.15) is 9.40 Å². The monoisotopic (exact) mass is 368 g/mol. The molecule has 0 bridgehead atoms. The van der Waals surface area contributed by atoms with Gasteiger partial charge in [-0.25, -0.2) is 8.42 Å². The summed E-state index contributed by atoms with van der Waals surface area (Å²) in [4.78, 5) is 12.8. The van der Waals surface area contributed by atoms with E-state index in [-0.39, 0.29) is 22.8 Å². The number of nitrogens with one attached hydrogen (secondary N) is 1. The Morgan fingerprint density at radius 2 is 2.00 bits per heavy atom. The average Bonchev–Trinajstić information content (AvgIpc) is 3.25. The van der Waals surface area contributed by atoms with Crippen LogP contribution in [0.15, 0.2) is 17.3 Å². The van der Waals surface area contributed by atoms with Crippen LogP contribution < -0.4 is 5.32 Å². The molecule has 2 aliphatic rings. The molecular weight excluding hydrogens is 340 g/mol. The quantitative estimate of drug-likeness (QED) is 0.881. The Labute approximate surface area is 149 Å². The number of carbonyl (C=O) groups excluding carboxylic acids is 1. The van der Waals surface area contributed by atoms with Crippen LogP contribution >= 0.6 is 0 Å². The summed E-state index contributed by atoms with van der Waals surface area (Å²) in [5.41, 5.74) is 0. The first-order chi connectivity index (χ1) is 12.0. The number of nitrogens with zero attached hydrogens (tertiary/aromatic N) is 3. The first kappa shape index (κ1) is 18.4. The van der Waals surface area contributed by atoms with Crippen molar-refractivity contribution in [3.8, 4) is 0 Å². The van der Waals surface area contributed by atoms with Gasteiger partial charge in [-0.05, 0) is 32.6 Å². The number of amides is 1. The van der Waals surface area contributed by atoms with E-state index < -0.39 is 10.0 Å². The van der Waals surface area contributed by atoms with E-state index in [9.17, 15) is 13.2 Å². The van der Waals surface area contributed by atoms with Crippen LogP contribution in [0.2, 0.25) is 0 Å². The minimum absolute atomic E-state index is 0.00820. The molecule has 1 aromatic rings. The van der Waals surface area contributed by atoms with E-state index in [4.69, 9.17) is 0 Å². The van der Waals surface area contributed by atoms with Gasteiger partial charge in [-0.1, -0.05) is 19.3 Å². The summed E-state index contributed by atoms with van der Waals surface area (Å²) in [7, 11) is -3.64. The molecule has 3 rings (SSSR count). The number of fused-ring (bicyclic) bond motifs is 1. The SMILES string of the molecule is CCn1cc(S(=O)(=O)N2CCCCCCNC(=O)[C@@H]3CCC[C@@H]32)cn1. The molecular formula is C17H28N4O3S. The minimum atomic E-state index is -3.64. The second-order valence-electron chi connectivity index (χ2n) is 6.96. The van der Waals surface area contributed by atoms with E-state index in [0.717, 1.165) is 44.9 Å². The Bertz CT molecular complexity index is 701. The molecule has 2 atom stereocenters. The smallest absolute Gasteiger partial charge is 0.246 e. The second-order valence-corrected chi connectivity index (χ2v) is 8.85. The van der Waals surface area contributed by atoms with Gasteiger partial charge in [0, 0.05) is 31.9 Å². The molecule has 2 fully saturated rings. The van der Waals surface area contributed by atoms with Crippen LogP contribution in [0.5, 0.6) is 0 Å². The summed E-state index contributed by atoms with van der Waals surface area (Å²) in [6.45, 7) is 3.73. The van der Waals surface area contributed by atoms with Crippen molar-refractivity contribution in [2.24, 2.45) is 5.92 Å². The maximum absolute atomic E-state index is 13.3. The molecule has 0 unspecified atom stereocenters. The van der Waals surface area contributed by atoms with Crippen LogP contribution in [0.1, 0.15) is 51.9 Å². The highest BCUT2D eigenvalue weighted by Crippen LogP contribution is 2.34. The first-order valence-electron chi connectivity index (χ1n) is 9.36. The number of aryl methyl sites for hydroxylation is 1. The van der Waals surface area contributed by atoms with Crippen LogP contribution in [-0.2, 0) is 21.4 Å². The molecule has 0 aromatic carbocycles. The molecule has 2 heterocycles. The number of hydrogen-bond donors (Lipinski definition) is 1. The maximum Gasteiger partial charge on any atom is 0.246 e. The van der Waals surface area contributed by atoms with Crippen molar-refractivity contribution in [2.75, 3.05) is 13.1 Å². The fraction of sp³-hybridized carbons (Fsp3) is 0.765. The summed E-state index contributed by atoms with van der Waals surface area (Å²) < 4.78 is 29.7. The van der Waals surface area contributed by atoms with Gasteiger partial charge in [0.2, 0.25) is 15.9 Å². The highest BCUT2D eigenvalue weighted by molar-refractivity contribution is 7.89. The van der Waals surface area contributed by atoms with Gasteiger partial charge in [0.05, 0.1) is 12.1 Å². The molecule has 140 valence electrons. The van der Waals surface area contributed by atoms with Crippen LogP contribution in [0.4, 0.5) is 0 Å². The largest absolute Gasteiger partial charge is 0.356 e. The Hall–Kier alpha value is -1.41. The molecule has 0 spiro atoms. The van der Waals surface area contributed by atoms with E-state index in [2.05, 4.69) is 10.4 Å². The van der Waals surface area contributed by atoms with Crippen LogP contribution in [0.3, 0.4) is 0 Å². The molecule has 0 radical (unpaired) electrons. The molecule has 1 aromatic heterocycles. The summed E-state index contributed by atoms with van der Waals surface area (Å²) in [6.07, 6.45) is 9.19. The summed E-state index contributed by atoms with van der Waals surface area (Å²) >= 11 is 0. The van der Waals surface area contributed by atoms with Crippen LogP contribution in [0, 0.1) is 5.92 Å². The van der Waals surface area contributed by atoms with Gasteiger partial charge in [-0.15, -0.1) is 0 Å². The zero-order chi connectivity index (χ0) is 17.9. The molecule has 1 amide bonds. The third kappa shape index (κ3) is 3.89. The van der Waals surface area contributed by atoms with Gasteiger partial charge in [0.1, 0.15) is 4.90 Å². The Morgan fingerprint density at radius 3 is 2.76 bits per heavy atom. The third-order valence-electron chi connectivity index (χ3n) is 5.33.